The molecule has 0 bridgehead atoms. The Morgan fingerprint density at radius 2 is 2.31 bits per heavy atom. The first-order valence-corrected chi connectivity index (χ1v) is 8.77. The molecule has 1 N–H and O–H groups in total. The smallest absolute Gasteiger partial charge is 0.341 e. The van der Waals surface area contributed by atoms with Gasteiger partial charge in [-0.05, 0) is 42.7 Å². The molecule has 132 valence electrons. The minimum atomic E-state index is -1.05. The Kier molecular flexibility index (Phi) is 5.29. The standard InChI is InChI=1S/C18H15N3O4S/c19-10-13(9-16-20-5-7-26-16)18(24)21-6-1-2-12-8-14(3-4-15(12)21)25-11-17(22)23/h3-5,7-9H,1-2,6,11H2,(H,22,23). The van der Waals surface area contributed by atoms with Gasteiger partial charge in [-0.2, -0.15) is 5.26 Å². The average molecular weight is 369 g/mol. The number of carboxylic acids is 1. The van der Waals surface area contributed by atoms with Crippen molar-refractivity contribution in [2.45, 2.75) is 12.8 Å². The lowest BCUT2D eigenvalue weighted by Crippen LogP contribution is -2.36. The van der Waals surface area contributed by atoms with E-state index in [0.29, 0.717) is 23.0 Å². The summed E-state index contributed by atoms with van der Waals surface area (Å²) >= 11 is 1.35. The molecule has 8 heteroatoms. The van der Waals surface area contributed by atoms with Crippen molar-refractivity contribution in [3.05, 3.63) is 45.9 Å². The quantitative estimate of drug-likeness (QED) is 0.641. The second-order valence-electron chi connectivity index (χ2n) is 5.57. The van der Waals surface area contributed by atoms with Gasteiger partial charge in [-0.15, -0.1) is 11.3 Å². The van der Waals surface area contributed by atoms with Crippen molar-refractivity contribution < 1.29 is 19.4 Å². The van der Waals surface area contributed by atoms with Crippen LogP contribution in [0, 0.1) is 11.3 Å². The highest BCUT2D eigenvalue weighted by atomic mass is 32.1. The molecule has 7 nitrogen and oxygen atoms in total. The van der Waals surface area contributed by atoms with Crippen LogP contribution >= 0.6 is 11.3 Å². The maximum Gasteiger partial charge on any atom is 0.341 e. The van der Waals surface area contributed by atoms with Crippen LogP contribution in [0.2, 0.25) is 0 Å². The SMILES string of the molecule is N#CC(=Cc1nccs1)C(=O)N1CCCc2cc(OCC(=O)O)ccc21. The first-order valence-electron chi connectivity index (χ1n) is 7.89. The molecule has 26 heavy (non-hydrogen) atoms. The molecule has 1 aliphatic rings. The number of rotatable bonds is 5. The number of carbonyl (C=O) groups excluding carboxylic acids is 1. The average Bonchev–Trinajstić information content (AvgIpc) is 3.16. The number of anilines is 1. The number of aromatic nitrogens is 1. The van der Waals surface area contributed by atoms with Gasteiger partial charge in [-0.3, -0.25) is 4.79 Å². The normalized spacial score (nSPS) is 13.7. The number of carbonyl (C=O) groups is 2. The molecule has 1 amide bonds. The van der Waals surface area contributed by atoms with Gasteiger partial charge in [-0.25, -0.2) is 9.78 Å². The van der Waals surface area contributed by atoms with Crippen LogP contribution in [0.15, 0.2) is 35.3 Å². The third kappa shape index (κ3) is 3.90. The molecule has 0 fully saturated rings. The van der Waals surface area contributed by atoms with Crippen molar-refractivity contribution in [2.75, 3.05) is 18.1 Å². The van der Waals surface area contributed by atoms with Crippen LogP contribution in [0.3, 0.4) is 0 Å². The molecular formula is C18H15N3O4S. The summed E-state index contributed by atoms with van der Waals surface area (Å²) in [5.41, 5.74) is 1.63. The van der Waals surface area contributed by atoms with E-state index in [1.807, 2.05) is 6.07 Å². The van der Waals surface area contributed by atoms with Crippen molar-refractivity contribution >= 4 is 35.0 Å². The number of aliphatic carboxylic acids is 1. The summed E-state index contributed by atoms with van der Waals surface area (Å²) in [4.78, 5) is 29.1. The molecule has 0 atom stereocenters. The molecular weight excluding hydrogens is 354 g/mol. The van der Waals surface area contributed by atoms with Crippen LogP contribution in [-0.2, 0) is 16.0 Å². The zero-order chi connectivity index (χ0) is 18.5. The highest BCUT2D eigenvalue weighted by Gasteiger charge is 2.25. The zero-order valence-electron chi connectivity index (χ0n) is 13.7. The van der Waals surface area contributed by atoms with Crippen LogP contribution in [-0.4, -0.2) is 35.1 Å². The van der Waals surface area contributed by atoms with E-state index in [2.05, 4.69) is 4.98 Å². The Labute approximate surface area is 153 Å². The maximum absolute atomic E-state index is 12.8. The summed E-state index contributed by atoms with van der Waals surface area (Å²) in [6.45, 7) is 0.0919. The molecule has 0 saturated heterocycles. The minimum absolute atomic E-state index is 0.0269. The highest BCUT2D eigenvalue weighted by molar-refractivity contribution is 7.10. The van der Waals surface area contributed by atoms with Crippen LogP contribution in [0.5, 0.6) is 5.75 Å². The Morgan fingerprint density at radius 3 is 3.00 bits per heavy atom. The summed E-state index contributed by atoms with van der Waals surface area (Å²) < 4.78 is 5.19. The van der Waals surface area contributed by atoms with Gasteiger partial charge in [0.15, 0.2) is 6.61 Å². The van der Waals surface area contributed by atoms with Crippen molar-refractivity contribution in [1.82, 2.24) is 4.98 Å². The van der Waals surface area contributed by atoms with E-state index in [1.54, 1.807) is 34.7 Å². The van der Waals surface area contributed by atoms with E-state index in [9.17, 15) is 14.9 Å². The molecule has 1 aromatic heterocycles. The van der Waals surface area contributed by atoms with E-state index in [0.717, 1.165) is 18.4 Å². The molecule has 0 radical (unpaired) electrons. The fourth-order valence-electron chi connectivity index (χ4n) is 2.74. The lowest BCUT2D eigenvalue weighted by molar-refractivity contribution is -0.139. The number of benzene rings is 1. The van der Waals surface area contributed by atoms with E-state index >= 15 is 0 Å². The van der Waals surface area contributed by atoms with Crippen molar-refractivity contribution in [2.24, 2.45) is 0 Å². The van der Waals surface area contributed by atoms with Crippen LogP contribution < -0.4 is 9.64 Å². The second kappa shape index (κ2) is 7.80. The first kappa shape index (κ1) is 17.6. The molecule has 2 heterocycles. The number of nitriles is 1. The van der Waals surface area contributed by atoms with Gasteiger partial charge in [0, 0.05) is 23.8 Å². The lowest BCUT2D eigenvalue weighted by atomic mass is 10.0. The number of nitrogens with zero attached hydrogens (tertiary/aromatic N) is 3. The first-order chi connectivity index (χ1) is 12.6. The lowest BCUT2D eigenvalue weighted by Gasteiger charge is -2.29. The van der Waals surface area contributed by atoms with Gasteiger partial charge in [0.05, 0.1) is 0 Å². The number of amides is 1. The molecule has 0 unspecified atom stereocenters. The molecule has 0 aliphatic carbocycles. The number of hydrogen-bond donors (Lipinski definition) is 1. The van der Waals surface area contributed by atoms with E-state index in [4.69, 9.17) is 9.84 Å². The topological polar surface area (TPSA) is 104 Å². The van der Waals surface area contributed by atoms with Gasteiger partial charge >= 0.3 is 5.97 Å². The molecule has 2 aromatic rings. The summed E-state index contributed by atoms with van der Waals surface area (Å²) in [6.07, 6.45) is 4.61. The number of fused-ring (bicyclic) bond motifs is 1. The Hall–Kier alpha value is -3.18. The molecule has 0 spiro atoms. The molecule has 1 aliphatic heterocycles. The summed E-state index contributed by atoms with van der Waals surface area (Å²) in [6, 6.07) is 7.06. The number of carboxylic acid groups (broad SMARTS) is 1. The van der Waals surface area contributed by atoms with Crippen LogP contribution in [0.4, 0.5) is 5.69 Å². The van der Waals surface area contributed by atoms with Crippen molar-refractivity contribution in [3.63, 3.8) is 0 Å². The Bertz CT molecular complexity index is 900. The van der Waals surface area contributed by atoms with Crippen LogP contribution in [0.25, 0.3) is 6.08 Å². The number of aryl methyl sites for hydroxylation is 1. The largest absolute Gasteiger partial charge is 0.482 e. The Balaban J connectivity index is 1.85. The number of hydrogen-bond acceptors (Lipinski definition) is 6. The highest BCUT2D eigenvalue weighted by Crippen LogP contribution is 2.31. The maximum atomic E-state index is 12.8. The molecule has 3 rings (SSSR count). The van der Waals surface area contributed by atoms with E-state index in [1.165, 1.54) is 17.4 Å². The molecule has 1 aromatic carbocycles. The summed E-state index contributed by atoms with van der Waals surface area (Å²) in [7, 11) is 0. The van der Waals surface area contributed by atoms with Crippen LogP contribution in [0.1, 0.15) is 17.0 Å². The number of ether oxygens (including phenoxy) is 1. The predicted molar refractivity (Wildman–Crippen MR) is 96.0 cm³/mol. The van der Waals surface area contributed by atoms with Gasteiger partial charge in [0.2, 0.25) is 0 Å². The summed E-state index contributed by atoms with van der Waals surface area (Å²) in [5, 5.41) is 20.5. The van der Waals surface area contributed by atoms with Gasteiger partial charge in [0.25, 0.3) is 5.91 Å². The fourth-order valence-corrected chi connectivity index (χ4v) is 3.30. The monoisotopic (exact) mass is 369 g/mol. The fraction of sp³-hybridized carbons (Fsp3) is 0.222. The Morgan fingerprint density at radius 1 is 1.46 bits per heavy atom. The van der Waals surface area contributed by atoms with Crippen molar-refractivity contribution in [1.29, 1.82) is 5.26 Å². The van der Waals surface area contributed by atoms with Gasteiger partial charge in [0.1, 0.15) is 22.4 Å². The third-order valence-electron chi connectivity index (χ3n) is 3.85. The third-order valence-corrected chi connectivity index (χ3v) is 4.57. The van der Waals surface area contributed by atoms with Crippen molar-refractivity contribution in [3.8, 4) is 11.8 Å². The predicted octanol–water partition coefficient (Wildman–Crippen LogP) is 2.49. The van der Waals surface area contributed by atoms with Gasteiger partial charge < -0.3 is 14.7 Å². The summed E-state index contributed by atoms with van der Waals surface area (Å²) in [5.74, 6) is -0.979. The molecule has 0 saturated carbocycles. The minimum Gasteiger partial charge on any atom is -0.482 e. The second-order valence-corrected chi connectivity index (χ2v) is 6.50. The zero-order valence-corrected chi connectivity index (χ0v) is 14.5. The van der Waals surface area contributed by atoms with Gasteiger partial charge in [-0.1, -0.05) is 0 Å². The van der Waals surface area contributed by atoms with E-state index < -0.39 is 12.6 Å². The van der Waals surface area contributed by atoms with E-state index in [-0.39, 0.29) is 11.5 Å². The number of thiazole rings is 1.